The molecule has 2 aromatic carbocycles. The molecule has 0 spiro atoms. The third kappa shape index (κ3) is 4.27. The second-order valence-electron chi connectivity index (χ2n) is 6.49. The maximum Gasteiger partial charge on any atom is 0.134 e. The van der Waals surface area contributed by atoms with Crippen molar-refractivity contribution in [1.29, 1.82) is 0 Å². The number of hydrogen-bond acceptors (Lipinski definition) is 5. The van der Waals surface area contributed by atoms with Crippen molar-refractivity contribution in [3.8, 4) is 22.8 Å². The molecule has 1 N–H and O–H groups in total. The van der Waals surface area contributed by atoms with Crippen LogP contribution in [0.5, 0.6) is 11.5 Å². The summed E-state index contributed by atoms with van der Waals surface area (Å²) < 4.78 is 12.0. The van der Waals surface area contributed by atoms with E-state index in [4.69, 9.17) is 9.47 Å². The predicted octanol–water partition coefficient (Wildman–Crippen LogP) is 5.53. The van der Waals surface area contributed by atoms with Gasteiger partial charge in [-0.15, -0.1) is 0 Å². The zero-order valence-corrected chi connectivity index (χ0v) is 18.3. The molecule has 5 nitrogen and oxygen atoms in total. The molecule has 0 saturated heterocycles. The predicted molar refractivity (Wildman–Crippen MR) is 125 cm³/mol. The zero-order valence-electron chi connectivity index (χ0n) is 16.1. The van der Waals surface area contributed by atoms with Gasteiger partial charge in [0, 0.05) is 50.5 Å². The van der Waals surface area contributed by atoms with Crippen molar-refractivity contribution in [2.75, 3.05) is 19.5 Å². The molecule has 6 heteroatoms. The fourth-order valence-electron chi connectivity index (χ4n) is 3.19. The zero-order chi connectivity index (χ0) is 20.2. The Balaban J connectivity index is 1.66. The number of ether oxygens (including phenoxy) is 2. The lowest BCUT2D eigenvalue weighted by Crippen LogP contribution is -2.04. The number of nitrogens with one attached hydrogen (secondary N) is 1. The van der Waals surface area contributed by atoms with Gasteiger partial charge in [-0.1, -0.05) is 12.1 Å². The minimum atomic E-state index is 0.584. The van der Waals surface area contributed by atoms with Crippen LogP contribution in [0.3, 0.4) is 0 Å². The van der Waals surface area contributed by atoms with E-state index in [9.17, 15) is 0 Å². The van der Waals surface area contributed by atoms with Crippen LogP contribution in [0, 0.1) is 3.57 Å². The summed E-state index contributed by atoms with van der Waals surface area (Å²) >= 11 is 2.32. The Labute approximate surface area is 183 Å². The summed E-state index contributed by atoms with van der Waals surface area (Å²) in [6, 6.07) is 18.2. The minimum Gasteiger partial charge on any atom is -0.497 e. The van der Waals surface area contributed by atoms with Crippen molar-refractivity contribution in [1.82, 2.24) is 9.97 Å². The van der Waals surface area contributed by atoms with Gasteiger partial charge in [-0.25, -0.2) is 4.98 Å². The third-order valence-corrected chi connectivity index (χ3v) is 5.38. The fraction of sp³-hybridized carbons (Fsp3) is 0.130. The van der Waals surface area contributed by atoms with E-state index < -0.39 is 0 Å². The quantitative estimate of drug-likeness (QED) is 0.355. The van der Waals surface area contributed by atoms with E-state index in [0.29, 0.717) is 6.54 Å². The topological polar surface area (TPSA) is 56.3 Å². The number of methoxy groups -OCH3 is 2. The van der Waals surface area contributed by atoms with Crippen molar-refractivity contribution < 1.29 is 9.47 Å². The Kier molecular flexibility index (Phi) is 5.80. The van der Waals surface area contributed by atoms with E-state index in [1.54, 1.807) is 20.4 Å². The Morgan fingerprint density at radius 1 is 0.966 bits per heavy atom. The van der Waals surface area contributed by atoms with Gasteiger partial charge in [0.05, 0.1) is 19.9 Å². The molecule has 4 aromatic rings. The van der Waals surface area contributed by atoms with Gasteiger partial charge in [0.25, 0.3) is 0 Å². The maximum absolute atomic E-state index is 5.50. The van der Waals surface area contributed by atoms with E-state index in [-0.39, 0.29) is 0 Å². The first-order chi connectivity index (χ1) is 14.2. The summed E-state index contributed by atoms with van der Waals surface area (Å²) in [5.41, 5.74) is 3.04. The van der Waals surface area contributed by atoms with Crippen LogP contribution in [0.1, 0.15) is 5.56 Å². The number of halogens is 1. The first-order valence-electron chi connectivity index (χ1n) is 9.13. The second-order valence-corrected chi connectivity index (χ2v) is 7.74. The number of rotatable bonds is 6. The molecule has 0 aliphatic heterocycles. The summed E-state index contributed by atoms with van der Waals surface area (Å²) in [6.45, 7) is 0.584. The van der Waals surface area contributed by atoms with Crippen LogP contribution in [0.2, 0.25) is 0 Å². The molecule has 0 atom stereocenters. The van der Waals surface area contributed by atoms with Gasteiger partial charge in [-0.3, -0.25) is 4.98 Å². The van der Waals surface area contributed by atoms with Crippen molar-refractivity contribution in [3.63, 3.8) is 0 Å². The number of pyridine rings is 2. The van der Waals surface area contributed by atoms with Crippen molar-refractivity contribution >= 4 is 39.2 Å². The Hall–Kier alpha value is -2.87. The molecule has 0 unspecified atom stereocenters. The Morgan fingerprint density at radius 3 is 2.66 bits per heavy atom. The van der Waals surface area contributed by atoms with E-state index >= 15 is 0 Å². The number of nitrogens with zero attached hydrogens (tertiary/aromatic N) is 2. The molecule has 0 amide bonds. The first kappa shape index (κ1) is 19.4. The number of hydrogen-bond donors (Lipinski definition) is 1. The largest absolute Gasteiger partial charge is 0.497 e. The van der Waals surface area contributed by atoms with E-state index in [2.05, 4.69) is 62.1 Å². The van der Waals surface area contributed by atoms with Crippen LogP contribution >= 0.6 is 22.6 Å². The maximum atomic E-state index is 5.50. The molecule has 0 saturated carbocycles. The molecule has 146 valence electrons. The third-order valence-electron chi connectivity index (χ3n) is 4.71. The van der Waals surface area contributed by atoms with Gasteiger partial charge in [0.2, 0.25) is 0 Å². The van der Waals surface area contributed by atoms with Crippen molar-refractivity contribution in [3.05, 3.63) is 76.1 Å². The molecule has 0 fully saturated rings. The van der Waals surface area contributed by atoms with E-state index in [1.807, 2.05) is 36.5 Å². The number of aromatic nitrogens is 2. The van der Waals surface area contributed by atoms with Gasteiger partial charge in [0.15, 0.2) is 0 Å². The van der Waals surface area contributed by atoms with Crippen LogP contribution in [-0.4, -0.2) is 24.2 Å². The lowest BCUT2D eigenvalue weighted by Gasteiger charge is -2.13. The van der Waals surface area contributed by atoms with E-state index in [1.165, 1.54) is 3.57 Å². The highest BCUT2D eigenvalue weighted by Crippen LogP contribution is 2.29. The first-order valence-corrected chi connectivity index (χ1v) is 10.2. The normalized spacial score (nSPS) is 10.7. The smallest absolute Gasteiger partial charge is 0.134 e. The van der Waals surface area contributed by atoms with Gasteiger partial charge in [-0.2, -0.15) is 0 Å². The number of benzene rings is 2. The summed E-state index contributed by atoms with van der Waals surface area (Å²) in [7, 11) is 3.31. The highest BCUT2D eigenvalue weighted by Gasteiger charge is 2.09. The molecule has 0 aliphatic carbocycles. The van der Waals surface area contributed by atoms with Crippen LogP contribution in [0.15, 0.2) is 67.0 Å². The average molecular weight is 497 g/mol. The lowest BCUT2D eigenvalue weighted by atomic mass is 10.1. The SMILES string of the molecule is COc1ccc(CNc2nccc3cnc(-c4cccc(I)c4)cc23)c(OC)c1. The van der Waals surface area contributed by atoms with Crippen LogP contribution in [-0.2, 0) is 6.54 Å². The van der Waals surface area contributed by atoms with Gasteiger partial charge < -0.3 is 14.8 Å². The Morgan fingerprint density at radius 2 is 1.86 bits per heavy atom. The molecule has 2 heterocycles. The van der Waals surface area contributed by atoms with Crippen LogP contribution < -0.4 is 14.8 Å². The molecule has 0 aliphatic rings. The van der Waals surface area contributed by atoms with Crippen LogP contribution in [0.25, 0.3) is 22.0 Å². The summed E-state index contributed by atoms with van der Waals surface area (Å²) in [5.74, 6) is 2.36. The minimum absolute atomic E-state index is 0.584. The van der Waals surface area contributed by atoms with E-state index in [0.717, 1.165) is 44.9 Å². The van der Waals surface area contributed by atoms with Crippen molar-refractivity contribution in [2.45, 2.75) is 6.54 Å². The molecule has 0 radical (unpaired) electrons. The number of anilines is 1. The highest BCUT2D eigenvalue weighted by molar-refractivity contribution is 14.1. The van der Waals surface area contributed by atoms with Gasteiger partial charge in [-0.05, 0) is 59.0 Å². The molecule has 29 heavy (non-hydrogen) atoms. The molecular weight excluding hydrogens is 477 g/mol. The molecule has 2 aromatic heterocycles. The molecule has 0 bridgehead atoms. The Bertz CT molecular complexity index is 1160. The highest BCUT2D eigenvalue weighted by atomic mass is 127. The fourth-order valence-corrected chi connectivity index (χ4v) is 3.73. The number of fused-ring (bicyclic) bond motifs is 1. The van der Waals surface area contributed by atoms with Crippen molar-refractivity contribution in [2.24, 2.45) is 0 Å². The van der Waals surface area contributed by atoms with Gasteiger partial charge >= 0.3 is 0 Å². The summed E-state index contributed by atoms with van der Waals surface area (Å²) in [4.78, 5) is 9.19. The van der Waals surface area contributed by atoms with Gasteiger partial charge in [0.1, 0.15) is 17.3 Å². The second kappa shape index (κ2) is 8.65. The molecule has 4 rings (SSSR count). The monoisotopic (exact) mass is 497 g/mol. The van der Waals surface area contributed by atoms with Crippen LogP contribution in [0.4, 0.5) is 5.82 Å². The standard InChI is InChI=1S/C23H20IN3O2/c1-28-19-7-6-17(22(11-19)29-2)14-27-23-20-12-21(15-4-3-5-18(24)10-15)26-13-16(20)8-9-25-23/h3-13H,14H2,1-2H3,(H,25,27). The molecular formula is C23H20IN3O2. The lowest BCUT2D eigenvalue weighted by molar-refractivity contribution is 0.391. The summed E-state index contributed by atoms with van der Waals surface area (Å²) in [6.07, 6.45) is 3.69. The average Bonchev–Trinajstić information content (AvgIpc) is 2.77. The summed E-state index contributed by atoms with van der Waals surface area (Å²) in [5, 5.41) is 5.52.